The number of nitrogens with zero attached hydrogens (tertiary/aromatic N) is 3. The number of H-pyrrole nitrogens is 1. The summed E-state index contributed by atoms with van der Waals surface area (Å²) in [6.45, 7) is 3.70. The Bertz CT molecular complexity index is 768. The molecule has 5 heteroatoms. The average Bonchev–Trinajstić information content (AvgIpc) is 3.02. The van der Waals surface area contributed by atoms with Crippen LogP contribution in [0.3, 0.4) is 0 Å². The predicted molar refractivity (Wildman–Crippen MR) is 82.0 cm³/mol. The first-order chi connectivity index (χ1) is 10.6. The highest BCUT2D eigenvalue weighted by Gasteiger charge is 2.21. The van der Waals surface area contributed by atoms with Crippen LogP contribution in [0.1, 0.15) is 34.1 Å². The molecule has 2 heterocycles. The molecule has 0 bridgehead atoms. The van der Waals surface area contributed by atoms with Gasteiger partial charge in [-0.3, -0.25) is 0 Å². The van der Waals surface area contributed by atoms with Crippen LogP contribution in [-0.4, -0.2) is 19.9 Å². The van der Waals surface area contributed by atoms with E-state index in [2.05, 4.69) is 19.9 Å². The third-order valence-electron chi connectivity index (χ3n) is 3.77. The molecule has 0 aliphatic rings. The molecular weight excluding hydrogens is 279 g/mol. The van der Waals surface area contributed by atoms with Crippen LogP contribution in [-0.2, 0) is 6.42 Å². The van der Waals surface area contributed by atoms with Crippen LogP contribution in [0.25, 0.3) is 0 Å². The molecule has 1 aromatic carbocycles. The number of aromatic nitrogens is 4. The number of hydrogen-bond acceptors (Lipinski definition) is 3. The van der Waals surface area contributed by atoms with Gasteiger partial charge in [-0.1, -0.05) is 18.2 Å². The number of halogens is 1. The van der Waals surface area contributed by atoms with E-state index in [4.69, 9.17) is 0 Å². The summed E-state index contributed by atoms with van der Waals surface area (Å²) in [6.07, 6.45) is 5.48. The van der Waals surface area contributed by atoms with Crippen molar-refractivity contribution >= 4 is 0 Å². The van der Waals surface area contributed by atoms with Crippen molar-refractivity contribution in [2.45, 2.75) is 26.2 Å². The summed E-state index contributed by atoms with van der Waals surface area (Å²) < 4.78 is 14.6. The van der Waals surface area contributed by atoms with E-state index in [1.807, 2.05) is 25.1 Å². The summed E-state index contributed by atoms with van der Waals surface area (Å²) >= 11 is 0. The summed E-state index contributed by atoms with van der Waals surface area (Å²) in [5.74, 6) is -0.329. The topological polar surface area (TPSA) is 54.5 Å². The van der Waals surface area contributed by atoms with Crippen molar-refractivity contribution in [3.63, 3.8) is 0 Å². The van der Waals surface area contributed by atoms with Gasteiger partial charge in [-0.2, -0.15) is 0 Å². The second kappa shape index (κ2) is 6.05. The second-order valence-electron chi connectivity index (χ2n) is 5.39. The number of rotatable bonds is 4. The van der Waals surface area contributed by atoms with Gasteiger partial charge < -0.3 is 4.98 Å². The molecule has 3 rings (SSSR count). The molecule has 22 heavy (non-hydrogen) atoms. The van der Waals surface area contributed by atoms with Crippen molar-refractivity contribution in [2.75, 3.05) is 0 Å². The van der Waals surface area contributed by atoms with E-state index in [0.717, 1.165) is 17.1 Å². The van der Waals surface area contributed by atoms with Gasteiger partial charge in [-0.25, -0.2) is 19.3 Å². The highest BCUT2D eigenvalue weighted by atomic mass is 19.1. The van der Waals surface area contributed by atoms with Crippen molar-refractivity contribution in [3.8, 4) is 0 Å². The van der Waals surface area contributed by atoms with Crippen molar-refractivity contribution in [1.29, 1.82) is 0 Å². The van der Waals surface area contributed by atoms with Crippen molar-refractivity contribution in [1.82, 2.24) is 19.9 Å². The van der Waals surface area contributed by atoms with Crippen molar-refractivity contribution in [2.24, 2.45) is 0 Å². The molecule has 112 valence electrons. The third kappa shape index (κ3) is 2.88. The van der Waals surface area contributed by atoms with Crippen LogP contribution in [0.5, 0.6) is 0 Å². The molecule has 0 radical (unpaired) electrons. The molecule has 1 atom stereocenters. The maximum absolute atomic E-state index is 14.6. The molecule has 2 aromatic heterocycles. The molecule has 0 spiro atoms. The van der Waals surface area contributed by atoms with E-state index in [1.54, 1.807) is 31.8 Å². The minimum absolute atomic E-state index is 0.156. The zero-order valence-electron chi connectivity index (χ0n) is 12.5. The number of benzene rings is 1. The largest absolute Gasteiger partial charge is 0.348 e. The van der Waals surface area contributed by atoms with E-state index in [-0.39, 0.29) is 11.7 Å². The zero-order chi connectivity index (χ0) is 15.5. The van der Waals surface area contributed by atoms with E-state index in [1.165, 1.54) is 0 Å². The highest BCUT2D eigenvalue weighted by Crippen LogP contribution is 2.29. The van der Waals surface area contributed by atoms with E-state index < -0.39 is 0 Å². The van der Waals surface area contributed by atoms with Gasteiger partial charge in [0, 0.05) is 35.6 Å². The lowest BCUT2D eigenvalue weighted by Gasteiger charge is -2.17. The number of imidazole rings is 1. The molecule has 0 amide bonds. The summed E-state index contributed by atoms with van der Waals surface area (Å²) in [4.78, 5) is 15.6. The molecule has 0 saturated heterocycles. The molecule has 1 N–H and O–H groups in total. The van der Waals surface area contributed by atoms with Gasteiger partial charge in [0.15, 0.2) is 0 Å². The zero-order valence-corrected chi connectivity index (χ0v) is 12.5. The van der Waals surface area contributed by atoms with Gasteiger partial charge >= 0.3 is 0 Å². The van der Waals surface area contributed by atoms with Crippen LogP contribution in [0.4, 0.5) is 4.39 Å². The van der Waals surface area contributed by atoms with Gasteiger partial charge in [0.1, 0.15) is 12.1 Å². The van der Waals surface area contributed by atoms with Crippen LogP contribution in [0, 0.1) is 19.7 Å². The number of aryl methyl sites for hydroxylation is 2. The molecule has 0 unspecified atom stereocenters. The SMILES string of the molecule is Cc1cc(C[C@@H](c2cnc[nH]2)c2cccc(C)c2F)ncn1. The molecule has 0 aliphatic carbocycles. The van der Waals surface area contributed by atoms with Gasteiger partial charge in [0.05, 0.1) is 6.33 Å². The van der Waals surface area contributed by atoms with Gasteiger partial charge in [-0.05, 0) is 31.0 Å². The smallest absolute Gasteiger partial charge is 0.129 e. The third-order valence-corrected chi connectivity index (χ3v) is 3.77. The summed E-state index contributed by atoms with van der Waals surface area (Å²) in [5.41, 5.74) is 3.95. The summed E-state index contributed by atoms with van der Waals surface area (Å²) in [5, 5.41) is 0. The second-order valence-corrected chi connectivity index (χ2v) is 5.39. The average molecular weight is 296 g/mol. The van der Waals surface area contributed by atoms with Crippen LogP contribution >= 0.6 is 0 Å². The maximum atomic E-state index is 14.6. The standard InChI is InChI=1S/C17H17FN4/c1-11-4-3-5-14(17(11)18)15(16-8-19-9-22-16)7-13-6-12(2)20-10-21-13/h3-6,8-10,15H,7H2,1-2H3,(H,19,22)/t15-/m1/s1. The lowest BCUT2D eigenvalue weighted by molar-refractivity contribution is 0.583. The van der Waals surface area contributed by atoms with Gasteiger partial charge in [-0.15, -0.1) is 0 Å². The van der Waals surface area contributed by atoms with Gasteiger partial charge in [0.2, 0.25) is 0 Å². The molecule has 4 nitrogen and oxygen atoms in total. The monoisotopic (exact) mass is 296 g/mol. The van der Waals surface area contributed by atoms with Crippen molar-refractivity contribution in [3.05, 3.63) is 77.1 Å². The van der Waals surface area contributed by atoms with E-state index in [0.29, 0.717) is 17.5 Å². The fraction of sp³-hybridized carbons (Fsp3) is 0.235. The Hall–Kier alpha value is -2.56. The number of aromatic amines is 1. The minimum atomic E-state index is -0.173. The fourth-order valence-corrected chi connectivity index (χ4v) is 2.61. The van der Waals surface area contributed by atoms with Crippen LogP contribution < -0.4 is 0 Å². The van der Waals surface area contributed by atoms with Crippen molar-refractivity contribution < 1.29 is 4.39 Å². The molecule has 0 fully saturated rings. The van der Waals surface area contributed by atoms with Gasteiger partial charge in [0.25, 0.3) is 0 Å². The first kappa shape index (κ1) is 14.4. The van der Waals surface area contributed by atoms with Crippen LogP contribution in [0.2, 0.25) is 0 Å². The Labute approximate surface area is 128 Å². The highest BCUT2D eigenvalue weighted by molar-refractivity contribution is 5.34. The molecular formula is C17H17FN4. The predicted octanol–water partition coefficient (Wildman–Crippen LogP) is 3.33. The lowest BCUT2D eigenvalue weighted by Crippen LogP contribution is -2.10. The summed E-state index contributed by atoms with van der Waals surface area (Å²) in [6, 6.07) is 7.40. The first-order valence-corrected chi connectivity index (χ1v) is 7.16. The Morgan fingerprint density at radius 1 is 1.23 bits per heavy atom. The molecule has 0 saturated carbocycles. The maximum Gasteiger partial charge on any atom is 0.129 e. The Morgan fingerprint density at radius 2 is 2.09 bits per heavy atom. The van der Waals surface area contributed by atoms with E-state index >= 15 is 0 Å². The molecule has 3 aromatic rings. The summed E-state index contributed by atoms with van der Waals surface area (Å²) in [7, 11) is 0. The Balaban J connectivity index is 2.03. The molecule has 0 aliphatic heterocycles. The number of hydrogen-bond donors (Lipinski definition) is 1. The van der Waals surface area contributed by atoms with E-state index in [9.17, 15) is 4.39 Å². The first-order valence-electron chi connectivity index (χ1n) is 7.16. The lowest BCUT2D eigenvalue weighted by atomic mass is 9.90. The Kier molecular flexibility index (Phi) is 3.96. The quantitative estimate of drug-likeness (QED) is 0.803. The minimum Gasteiger partial charge on any atom is -0.348 e. The van der Waals surface area contributed by atoms with Crippen LogP contribution in [0.15, 0.2) is 43.1 Å². The Morgan fingerprint density at radius 3 is 2.82 bits per heavy atom. The normalized spacial score (nSPS) is 12.3. The number of nitrogens with one attached hydrogen (secondary N) is 1. The fourth-order valence-electron chi connectivity index (χ4n) is 2.61.